The zero-order valence-electron chi connectivity index (χ0n) is 29.9. The lowest BCUT2D eigenvalue weighted by Crippen LogP contribution is -2.11. The molecule has 0 saturated carbocycles. The summed E-state index contributed by atoms with van der Waals surface area (Å²) >= 11 is 1.86. The van der Waals surface area contributed by atoms with Gasteiger partial charge in [0.2, 0.25) is 0 Å². The van der Waals surface area contributed by atoms with Crippen LogP contribution in [0.5, 0.6) is 0 Å². The molecule has 11 aromatic rings. The number of benzene rings is 9. The Morgan fingerprint density at radius 3 is 1.93 bits per heavy atom. The molecule has 0 amide bonds. The van der Waals surface area contributed by atoms with Gasteiger partial charge in [-0.25, -0.2) is 0 Å². The molecule has 0 bridgehead atoms. The summed E-state index contributed by atoms with van der Waals surface area (Å²) in [5, 5.41) is 7.57. The molecule has 0 atom stereocenters. The van der Waals surface area contributed by atoms with E-state index in [-0.39, 0.29) is 0 Å². The Balaban J connectivity index is 1.19. The van der Waals surface area contributed by atoms with Crippen LogP contribution in [0.3, 0.4) is 0 Å². The number of hydrogen-bond donors (Lipinski definition) is 0. The first-order valence-electron chi connectivity index (χ1n) is 18.8. The zero-order chi connectivity index (χ0) is 36.3. The number of rotatable bonds is 6. The summed E-state index contributed by atoms with van der Waals surface area (Å²) in [6.45, 7) is 0. The van der Waals surface area contributed by atoms with Gasteiger partial charge in [-0.15, -0.1) is 11.3 Å². The van der Waals surface area contributed by atoms with Crippen molar-refractivity contribution in [2.45, 2.75) is 0 Å². The monoisotopic (exact) mass is 718 g/mol. The fourth-order valence-electron chi connectivity index (χ4n) is 8.46. The van der Waals surface area contributed by atoms with Crippen LogP contribution < -0.4 is 4.90 Å². The SMILES string of the molecule is c1ccc(-c2ccccc2N(c2ccc3c(c2)sc2ccccc23)c2ccc3c4c(-c5ccc6ccccc6c5)cccc4n(-c4ccccc4)c3c2)cc1. The summed E-state index contributed by atoms with van der Waals surface area (Å²) < 4.78 is 5.03. The van der Waals surface area contributed by atoms with E-state index in [0.29, 0.717) is 0 Å². The number of para-hydroxylation sites is 2. The van der Waals surface area contributed by atoms with Gasteiger partial charge in [0.25, 0.3) is 0 Å². The normalized spacial score (nSPS) is 11.6. The van der Waals surface area contributed by atoms with E-state index in [4.69, 9.17) is 0 Å². The molecule has 2 heterocycles. The summed E-state index contributed by atoms with van der Waals surface area (Å²) in [5.74, 6) is 0. The molecule has 0 aliphatic carbocycles. The largest absolute Gasteiger partial charge is 0.310 e. The summed E-state index contributed by atoms with van der Waals surface area (Å²) in [6.07, 6.45) is 0. The molecule has 258 valence electrons. The molecule has 0 saturated heterocycles. The maximum atomic E-state index is 2.45. The maximum absolute atomic E-state index is 2.45. The molecule has 2 nitrogen and oxygen atoms in total. The van der Waals surface area contributed by atoms with Gasteiger partial charge in [-0.1, -0.05) is 146 Å². The van der Waals surface area contributed by atoms with Gasteiger partial charge in [0.05, 0.1) is 16.7 Å². The number of thiophene rings is 1. The second-order valence-corrected chi connectivity index (χ2v) is 15.2. The van der Waals surface area contributed by atoms with Crippen LogP contribution in [0.1, 0.15) is 0 Å². The molecule has 55 heavy (non-hydrogen) atoms. The summed E-state index contributed by atoms with van der Waals surface area (Å²) in [5.41, 5.74) is 11.7. The topological polar surface area (TPSA) is 8.17 Å². The Morgan fingerprint density at radius 2 is 1.05 bits per heavy atom. The van der Waals surface area contributed by atoms with Crippen molar-refractivity contribution in [1.82, 2.24) is 4.57 Å². The van der Waals surface area contributed by atoms with Crippen LogP contribution in [0.25, 0.3) is 80.7 Å². The Labute approximate surface area is 323 Å². The Hall–Kier alpha value is -6.94. The van der Waals surface area contributed by atoms with Crippen molar-refractivity contribution in [2.75, 3.05) is 4.90 Å². The fourth-order valence-corrected chi connectivity index (χ4v) is 9.60. The van der Waals surface area contributed by atoms with E-state index in [2.05, 4.69) is 216 Å². The third kappa shape index (κ3) is 5.24. The minimum absolute atomic E-state index is 1.10. The van der Waals surface area contributed by atoms with Crippen LogP contribution in [0, 0.1) is 0 Å². The second-order valence-electron chi connectivity index (χ2n) is 14.1. The van der Waals surface area contributed by atoms with E-state index in [1.54, 1.807) is 0 Å². The third-order valence-electron chi connectivity index (χ3n) is 11.0. The minimum Gasteiger partial charge on any atom is -0.310 e. The first kappa shape index (κ1) is 31.6. The lowest BCUT2D eigenvalue weighted by Gasteiger charge is -2.28. The number of nitrogens with zero attached hydrogens (tertiary/aromatic N) is 2. The molecule has 9 aromatic carbocycles. The van der Waals surface area contributed by atoms with E-state index in [1.807, 2.05) is 11.3 Å². The van der Waals surface area contributed by atoms with Crippen LogP contribution >= 0.6 is 11.3 Å². The van der Waals surface area contributed by atoms with Gasteiger partial charge >= 0.3 is 0 Å². The fraction of sp³-hybridized carbons (Fsp3) is 0. The summed E-state index contributed by atoms with van der Waals surface area (Å²) in [4.78, 5) is 2.45. The highest BCUT2D eigenvalue weighted by Gasteiger charge is 2.22. The van der Waals surface area contributed by atoms with E-state index in [1.165, 1.54) is 69.5 Å². The summed E-state index contributed by atoms with van der Waals surface area (Å²) in [6, 6.07) is 75.3. The highest BCUT2D eigenvalue weighted by Crippen LogP contribution is 2.46. The van der Waals surface area contributed by atoms with Gasteiger partial charge in [0.1, 0.15) is 0 Å². The molecule has 11 rings (SSSR count). The highest BCUT2D eigenvalue weighted by atomic mass is 32.1. The third-order valence-corrected chi connectivity index (χ3v) is 12.1. The molecule has 0 aliphatic rings. The molecular formula is C52H34N2S. The van der Waals surface area contributed by atoms with Crippen molar-refractivity contribution >= 4 is 81.1 Å². The van der Waals surface area contributed by atoms with Gasteiger partial charge < -0.3 is 9.47 Å². The van der Waals surface area contributed by atoms with E-state index < -0.39 is 0 Å². The van der Waals surface area contributed by atoms with Gasteiger partial charge in [-0.2, -0.15) is 0 Å². The predicted octanol–water partition coefficient (Wildman–Crippen LogP) is 15.1. The van der Waals surface area contributed by atoms with Crippen molar-refractivity contribution in [2.24, 2.45) is 0 Å². The summed E-state index contributed by atoms with van der Waals surface area (Å²) in [7, 11) is 0. The van der Waals surface area contributed by atoms with E-state index in [9.17, 15) is 0 Å². The number of fused-ring (bicyclic) bond motifs is 7. The molecule has 2 aromatic heterocycles. The number of hydrogen-bond acceptors (Lipinski definition) is 2. The lowest BCUT2D eigenvalue weighted by molar-refractivity contribution is 1.18. The quantitative estimate of drug-likeness (QED) is 0.166. The van der Waals surface area contributed by atoms with Gasteiger partial charge in [0.15, 0.2) is 0 Å². The Bertz CT molecular complexity index is 3210. The Kier molecular flexibility index (Phi) is 7.39. The second kappa shape index (κ2) is 12.9. The molecule has 0 N–H and O–H groups in total. The minimum atomic E-state index is 1.10. The van der Waals surface area contributed by atoms with Crippen LogP contribution in [0.15, 0.2) is 206 Å². The van der Waals surface area contributed by atoms with Gasteiger partial charge in [0, 0.05) is 53.6 Å². The highest BCUT2D eigenvalue weighted by molar-refractivity contribution is 7.25. The standard InChI is InChI=1S/C52H34N2S/c1-3-15-36(16-4-1)42-20-9-11-23-47(42)53(41-28-30-45-44-21-10-12-25-50(44)55-51(45)34-41)40-29-31-46-49(33-40)54(39-18-5-2-6-19-39)48-24-13-22-43(52(46)48)38-27-26-35-14-7-8-17-37(35)32-38/h1-34H. The smallest absolute Gasteiger partial charge is 0.0562 e. The van der Waals surface area contributed by atoms with Crippen LogP contribution in [-0.4, -0.2) is 4.57 Å². The average molecular weight is 719 g/mol. The van der Waals surface area contributed by atoms with Crippen molar-refractivity contribution < 1.29 is 0 Å². The van der Waals surface area contributed by atoms with Crippen LogP contribution in [-0.2, 0) is 0 Å². The van der Waals surface area contributed by atoms with Crippen molar-refractivity contribution in [3.05, 3.63) is 206 Å². The first-order chi connectivity index (χ1) is 27.3. The van der Waals surface area contributed by atoms with Crippen molar-refractivity contribution in [1.29, 1.82) is 0 Å². The van der Waals surface area contributed by atoms with Gasteiger partial charge in [-0.05, 0) is 88.1 Å². The maximum Gasteiger partial charge on any atom is 0.0562 e. The van der Waals surface area contributed by atoms with E-state index in [0.717, 1.165) is 28.3 Å². The molecule has 0 aliphatic heterocycles. The molecule has 0 radical (unpaired) electrons. The lowest BCUT2D eigenvalue weighted by atomic mass is 9.97. The van der Waals surface area contributed by atoms with Crippen LogP contribution in [0.4, 0.5) is 17.1 Å². The van der Waals surface area contributed by atoms with Crippen molar-refractivity contribution in [3.8, 4) is 27.9 Å². The number of anilines is 3. The molecular weight excluding hydrogens is 685 g/mol. The molecule has 0 spiro atoms. The first-order valence-corrected chi connectivity index (χ1v) is 19.6. The Morgan fingerprint density at radius 1 is 0.382 bits per heavy atom. The molecule has 0 fully saturated rings. The molecule has 3 heteroatoms. The van der Waals surface area contributed by atoms with Crippen molar-refractivity contribution in [3.63, 3.8) is 0 Å². The number of aromatic nitrogens is 1. The van der Waals surface area contributed by atoms with Crippen LogP contribution in [0.2, 0.25) is 0 Å². The predicted molar refractivity (Wildman–Crippen MR) is 237 cm³/mol. The average Bonchev–Trinajstić information content (AvgIpc) is 3.79. The molecule has 0 unspecified atom stereocenters. The van der Waals surface area contributed by atoms with E-state index >= 15 is 0 Å². The van der Waals surface area contributed by atoms with Gasteiger partial charge in [-0.3, -0.25) is 0 Å². The zero-order valence-corrected chi connectivity index (χ0v) is 30.7.